The second-order valence-electron chi connectivity index (χ2n) is 9.76. The highest BCUT2D eigenvalue weighted by molar-refractivity contribution is 6.30. The monoisotopic (exact) mass is 533 g/mol. The molecule has 2 amide bonds. The number of para-hydroxylation sites is 1. The van der Waals surface area contributed by atoms with Crippen LogP contribution in [0.5, 0.6) is 0 Å². The minimum Gasteiger partial charge on any atom is -0.352 e. The highest BCUT2D eigenvalue weighted by Crippen LogP contribution is 2.23. The van der Waals surface area contributed by atoms with Crippen molar-refractivity contribution in [2.24, 2.45) is 0 Å². The molecule has 7 nitrogen and oxygen atoms in total. The molecule has 0 heterocycles. The van der Waals surface area contributed by atoms with Gasteiger partial charge >= 0.3 is 0 Å². The molecule has 3 aromatic rings. The number of nitro benzene ring substituents is 1. The molecule has 8 heteroatoms. The summed E-state index contributed by atoms with van der Waals surface area (Å²) in [5.41, 5.74) is 1.94. The maximum absolute atomic E-state index is 13.9. The fourth-order valence-corrected chi connectivity index (χ4v) is 5.11. The number of benzene rings is 3. The van der Waals surface area contributed by atoms with Gasteiger partial charge in [-0.1, -0.05) is 91.5 Å². The number of nitro groups is 1. The number of carbonyl (C=O) groups excluding carboxylic acids is 2. The zero-order chi connectivity index (χ0) is 26.9. The molecular formula is C30H32ClN3O4. The average Bonchev–Trinajstić information content (AvgIpc) is 2.93. The smallest absolute Gasteiger partial charge is 0.273 e. The first-order valence-electron chi connectivity index (χ1n) is 13.0. The SMILES string of the molecule is O=C(NC1CCCCC1)[C@@H](Cc1ccccc1)N(Cc1ccc(Cl)cc1)C(=O)Cc1ccccc1[N+](=O)[O-]. The number of hydrogen-bond donors (Lipinski definition) is 1. The van der Waals surface area contributed by atoms with Gasteiger partial charge in [-0.25, -0.2) is 0 Å². The minimum atomic E-state index is -0.787. The van der Waals surface area contributed by atoms with E-state index in [0.717, 1.165) is 43.2 Å². The molecule has 0 aromatic heterocycles. The van der Waals surface area contributed by atoms with Crippen molar-refractivity contribution in [1.29, 1.82) is 0 Å². The van der Waals surface area contributed by atoms with Crippen LogP contribution in [-0.2, 0) is 29.0 Å². The fraction of sp³-hybridized carbons (Fsp3) is 0.333. The number of rotatable bonds is 10. The van der Waals surface area contributed by atoms with Gasteiger partial charge in [0.1, 0.15) is 6.04 Å². The third-order valence-corrected chi connectivity index (χ3v) is 7.27. The summed E-state index contributed by atoms with van der Waals surface area (Å²) >= 11 is 6.09. The van der Waals surface area contributed by atoms with Crippen molar-refractivity contribution in [1.82, 2.24) is 10.2 Å². The molecule has 1 saturated carbocycles. The Bertz CT molecular complexity index is 1240. The van der Waals surface area contributed by atoms with Crippen LogP contribution in [0, 0.1) is 10.1 Å². The summed E-state index contributed by atoms with van der Waals surface area (Å²) in [5.74, 6) is -0.556. The van der Waals surface area contributed by atoms with Crippen LogP contribution in [0.1, 0.15) is 48.8 Å². The molecule has 4 rings (SSSR count). The Morgan fingerprint density at radius 3 is 2.26 bits per heavy atom. The molecule has 1 fully saturated rings. The quantitative estimate of drug-likeness (QED) is 0.260. The van der Waals surface area contributed by atoms with Crippen LogP contribution in [0.25, 0.3) is 0 Å². The van der Waals surface area contributed by atoms with Gasteiger partial charge in [-0.3, -0.25) is 19.7 Å². The van der Waals surface area contributed by atoms with Gasteiger partial charge in [0, 0.05) is 35.7 Å². The molecule has 0 saturated heterocycles. The number of amides is 2. The van der Waals surface area contributed by atoms with E-state index in [4.69, 9.17) is 11.6 Å². The van der Waals surface area contributed by atoms with Gasteiger partial charge in [0.15, 0.2) is 0 Å². The summed E-state index contributed by atoms with van der Waals surface area (Å²) in [7, 11) is 0. The Balaban J connectivity index is 1.68. The first kappa shape index (κ1) is 27.3. The molecule has 1 aliphatic rings. The van der Waals surface area contributed by atoms with Crippen molar-refractivity contribution in [3.8, 4) is 0 Å². The standard InChI is InChI=1S/C30H32ClN3O4/c31-25-17-15-23(16-18-25)21-33(29(35)20-24-11-7-8-14-27(24)34(37)38)28(19-22-9-3-1-4-10-22)30(36)32-26-12-5-2-6-13-26/h1,3-4,7-11,14-18,26,28H,2,5-6,12-13,19-21H2,(H,32,36)/t28-/m1/s1. The normalized spacial score (nSPS) is 14.4. The fourth-order valence-electron chi connectivity index (χ4n) is 4.99. The lowest BCUT2D eigenvalue weighted by atomic mass is 9.94. The molecule has 1 atom stereocenters. The number of hydrogen-bond acceptors (Lipinski definition) is 4. The van der Waals surface area contributed by atoms with Crippen molar-refractivity contribution in [3.05, 3.63) is 111 Å². The molecule has 0 aliphatic heterocycles. The average molecular weight is 534 g/mol. The molecular weight excluding hydrogens is 502 g/mol. The summed E-state index contributed by atoms with van der Waals surface area (Å²) < 4.78 is 0. The zero-order valence-corrected chi connectivity index (χ0v) is 22.0. The van der Waals surface area contributed by atoms with Gasteiger partial charge in [0.2, 0.25) is 11.8 Å². The lowest BCUT2D eigenvalue weighted by Gasteiger charge is -2.33. The van der Waals surface area contributed by atoms with Crippen LogP contribution in [-0.4, -0.2) is 33.7 Å². The van der Waals surface area contributed by atoms with Gasteiger partial charge in [-0.15, -0.1) is 0 Å². The maximum atomic E-state index is 13.9. The summed E-state index contributed by atoms with van der Waals surface area (Å²) in [4.78, 5) is 40.4. The second kappa shape index (κ2) is 13.2. The van der Waals surface area contributed by atoms with E-state index in [1.54, 1.807) is 35.2 Å². The van der Waals surface area contributed by atoms with Crippen molar-refractivity contribution in [2.45, 2.75) is 63.6 Å². The summed E-state index contributed by atoms with van der Waals surface area (Å²) in [6.45, 7) is 0.173. The number of halogens is 1. The molecule has 3 aromatic carbocycles. The molecule has 0 bridgehead atoms. The van der Waals surface area contributed by atoms with Crippen molar-refractivity contribution >= 4 is 29.1 Å². The lowest BCUT2D eigenvalue weighted by Crippen LogP contribution is -2.53. The third kappa shape index (κ3) is 7.42. The van der Waals surface area contributed by atoms with E-state index in [0.29, 0.717) is 17.0 Å². The van der Waals surface area contributed by atoms with E-state index in [9.17, 15) is 19.7 Å². The molecule has 38 heavy (non-hydrogen) atoms. The van der Waals surface area contributed by atoms with E-state index in [1.165, 1.54) is 6.07 Å². The molecule has 1 N–H and O–H groups in total. The highest BCUT2D eigenvalue weighted by Gasteiger charge is 2.32. The van der Waals surface area contributed by atoms with Gasteiger partial charge in [0.05, 0.1) is 11.3 Å². The van der Waals surface area contributed by atoms with Crippen LogP contribution < -0.4 is 5.32 Å². The van der Waals surface area contributed by atoms with Crippen molar-refractivity contribution in [3.63, 3.8) is 0 Å². The third-order valence-electron chi connectivity index (χ3n) is 7.02. The Hall–Kier alpha value is -3.71. The van der Waals surface area contributed by atoms with Crippen LogP contribution in [0.15, 0.2) is 78.9 Å². The van der Waals surface area contributed by atoms with Crippen LogP contribution in [0.3, 0.4) is 0 Å². The zero-order valence-electron chi connectivity index (χ0n) is 21.2. The second-order valence-corrected chi connectivity index (χ2v) is 10.2. The van der Waals surface area contributed by atoms with Crippen molar-refractivity contribution in [2.75, 3.05) is 0 Å². The summed E-state index contributed by atoms with van der Waals surface area (Å²) in [6.07, 6.45) is 5.29. The van der Waals surface area contributed by atoms with E-state index in [1.807, 2.05) is 42.5 Å². The van der Waals surface area contributed by atoms with E-state index >= 15 is 0 Å². The lowest BCUT2D eigenvalue weighted by molar-refractivity contribution is -0.385. The van der Waals surface area contributed by atoms with Crippen LogP contribution >= 0.6 is 11.6 Å². The first-order valence-corrected chi connectivity index (χ1v) is 13.4. The maximum Gasteiger partial charge on any atom is 0.273 e. The van der Waals surface area contributed by atoms with E-state index < -0.39 is 11.0 Å². The topological polar surface area (TPSA) is 92.6 Å². The van der Waals surface area contributed by atoms with Crippen molar-refractivity contribution < 1.29 is 14.5 Å². The van der Waals surface area contributed by atoms with Gasteiger partial charge < -0.3 is 10.2 Å². The Morgan fingerprint density at radius 2 is 1.58 bits per heavy atom. The highest BCUT2D eigenvalue weighted by atomic mass is 35.5. The number of nitrogens with zero attached hydrogens (tertiary/aromatic N) is 2. The summed E-state index contributed by atoms with van der Waals surface area (Å²) in [6, 6.07) is 22.3. The summed E-state index contributed by atoms with van der Waals surface area (Å²) in [5, 5.41) is 15.4. The molecule has 198 valence electrons. The van der Waals surface area contributed by atoms with Crippen LogP contribution in [0.4, 0.5) is 5.69 Å². The minimum absolute atomic E-state index is 0.0808. The van der Waals surface area contributed by atoms with E-state index in [2.05, 4.69) is 5.32 Å². The molecule has 1 aliphatic carbocycles. The largest absolute Gasteiger partial charge is 0.352 e. The first-order chi connectivity index (χ1) is 18.4. The number of carbonyl (C=O) groups is 2. The van der Waals surface area contributed by atoms with Gasteiger partial charge in [0.25, 0.3) is 5.69 Å². The van der Waals surface area contributed by atoms with Crippen LogP contribution in [0.2, 0.25) is 5.02 Å². The number of nitrogens with one attached hydrogen (secondary N) is 1. The predicted molar refractivity (Wildman–Crippen MR) is 148 cm³/mol. The molecule has 0 radical (unpaired) electrons. The Morgan fingerprint density at radius 1 is 0.921 bits per heavy atom. The van der Waals surface area contributed by atoms with E-state index in [-0.39, 0.29) is 36.5 Å². The Labute approximate surface area is 228 Å². The van der Waals surface area contributed by atoms with Gasteiger partial charge in [-0.05, 0) is 36.1 Å². The Kier molecular flexibility index (Phi) is 9.49. The molecule has 0 spiro atoms. The van der Waals surface area contributed by atoms with Gasteiger partial charge in [-0.2, -0.15) is 0 Å². The molecule has 0 unspecified atom stereocenters. The predicted octanol–water partition coefficient (Wildman–Crippen LogP) is 5.88.